The van der Waals surface area contributed by atoms with E-state index in [2.05, 4.69) is 17.0 Å². The molecule has 0 saturated carbocycles. The number of carbonyl (C=O) groups is 1. The van der Waals surface area contributed by atoms with Gasteiger partial charge in [0.2, 0.25) is 0 Å². The lowest BCUT2D eigenvalue weighted by Crippen LogP contribution is -2.15. The summed E-state index contributed by atoms with van der Waals surface area (Å²) in [5, 5.41) is 8.32. The van der Waals surface area contributed by atoms with Crippen molar-refractivity contribution < 1.29 is 9.18 Å². The Morgan fingerprint density at radius 1 is 1.09 bits per heavy atom. The van der Waals surface area contributed by atoms with Crippen LogP contribution in [-0.4, -0.2) is 15.7 Å². The molecular weight excluding hydrogens is 439 g/mol. The summed E-state index contributed by atoms with van der Waals surface area (Å²) in [5.74, 6) is -1.07. The van der Waals surface area contributed by atoms with E-state index >= 15 is 0 Å². The largest absolute Gasteiger partial charge is 0.364 e. The molecule has 0 aliphatic heterocycles. The highest BCUT2D eigenvalue weighted by Crippen LogP contribution is 2.39. The van der Waals surface area contributed by atoms with Gasteiger partial charge in [0.1, 0.15) is 11.5 Å². The number of benzene rings is 3. The number of fused-ring (bicyclic) bond motifs is 3. The molecule has 5 rings (SSSR count). The molecule has 33 heavy (non-hydrogen) atoms. The Morgan fingerprint density at radius 2 is 1.85 bits per heavy atom. The number of primary amides is 1. The fourth-order valence-corrected chi connectivity index (χ4v) is 4.51. The quantitative estimate of drug-likeness (QED) is 0.408. The van der Waals surface area contributed by atoms with Gasteiger partial charge >= 0.3 is 0 Å². The minimum Gasteiger partial charge on any atom is -0.364 e. The Bertz CT molecular complexity index is 1430. The molecule has 0 atom stereocenters. The van der Waals surface area contributed by atoms with E-state index in [1.165, 1.54) is 10.7 Å². The number of amides is 1. The number of halogens is 2. The molecule has 0 bridgehead atoms. The van der Waals surface area contributed by atoms with Crippen LogP contribution in [0.15, 0.2) is 73.3 Å². The molecule has 5 nitrogen and oxygen atoms in total. The molecule has 0 unspecified atom stereocenters. The Morgan fingerprint density at radius 3 is 2.61 bits per heavy atom. The molecule has 0 saturated heterocycles. The number of nitrogens with zero attached hydrogens (tertiary/aromatic N) is 2. The summed E-state index contributed by atoms with van der Waals surface area (Å²) in [6.45, 7) is 4.12. The van der Waals surface area contributed by atoms with Crippen LogP contribution in [0.1, 0.15) is 27.2 Å². The molecule has 4 aromatic rings. The van der Waals surface area contributed by atoms with Gasteiger partial charge < -0.3 is 11.1 Å². The first-order chi connectivity index (χ1) is 15.9. The third-order valence-corrected chi connectivity index (χ3v) is 6.13. The van der Waals surface area contributed by atoms with Crippen molar-refractivity contribution in [2.24, 2.45) is 5.73 Å². The molecule has 0 radical (unpaired) electrons. The molecule has 3 aromatic carbocycles. The number of hydrogen-bond donors (Lipinski definition) is 2. The van der Waals surface area contributed by atoms with Gasteiger partial charge in [-0.2, -0.15) is 5.10 Å². The minimum absolute atomic E-state index is 0.165. The summed E-state index contributed by atoms with van der Waals surface area (Å²) in [6, 6.07) is 19.7. The van der Waals surface area contributed by atoms with E-state index in [0.29, 0.717) is 22.8 Å². The van der Waals surface area contributed by atoms with Crippen LogP contribution in [0.5, 0.6) is 0 Å². The van der Waals surface area contributed by atoms with E-state index in [1.807, 2.05) is 36.4 Å². The second-order valence-corrected chi connectivity index (χ2v) is 8.27. The lowest BCUT2D eigenvalue weighted by atomic mass is 9.88. The van der Waals surface area contributed by atoms with Crippen LogP contribution in [0.25, 0.3) is 22.6 Å². The van der Waals surface area contributed by atoms with Gasteiger partial charge in [-0.1, -0.05) is 54.6 Å². The maximum atomic E-state index is 14.7. The van der Waals surface area contributed by atoms with E-state index in [4.69, 9.17) is 17.3 Å². The zero-order chi connectivity index (χ0) is 23.1. The average Bonchev–Trinajstić information content (AvgIpc) is 3.20. The normalized spacial score (nSPS) is 12.1. The Balaban J connectivity index is 1.63. The van der Waals surface area contributed by atoms with Crippen LogP contribution >= 0.6 is 11.6 Å². The predicted molar refractivity (Wildman–Crippen MR) is 129 cm³/mol. The first-order valence-corrected chi connectivity index (χ1v) is 10.8. The van der Waals surface area contributed by atoms with Crippen LogP contribution in [0, 0.1) is 5.82 Å². The predicted octanol–water partition coefficient (Wildman–Crippen LogP) is 5.61. The van der Waals surface area contributed by atoms with E-state index in [9.17, 15) is 9.18 Å². The summed E-state index contributed by atoms with van der Waals surface area (Å²) in [6.07, 6.45) is 1.31. The van der Waals surface area contributed by atoms with Gasteiger partial charge in [-0.3, -0.25) is 4.79 Å². The van der Waals surface area contributed by atoms with Crippen LogP contribution in [0.4, 0.5) is 10.1 Å². The van der Waals surface area contributed by atoms with Crippen LogP contribution in [0.2, 0.25) is 5.02 Å². The molecule has 1 aliphatic carbocycles. The van der Waals surface area contributed by atoms with E-state index in [0.717, 1.165) is 34.4 Å². The summed E-state index contributed by atoms with van der Waals surface area (Å²) in [4.78, 5) is 12.1. The number of aromatic nitrogens is 2. The highest BCUT2D eigenvalue weighted by atomic mass is 35.5. The second kappa shape index (κ2) is 8.22. The third kappa shape index (κ3) is 3.68. The average molecular weight is 459 g/mol. The zero-order valence-electron chi connectivity index (χ0n) is 17.6. The lowest BCUT2D eigenvalue weighted by molar-refractivity contribution is 0.0994. The standard InChI is InChI=1S/C26H20ClFN4O/c1-15(18-6-2-3-7-21(18)27)30-17-12-10-16-11-13-19-24(26(29)33)31-32(25(19)20(16)14-17)23-9-5-4-8-22(23)28/h2-10,12,14,30H,1,11,13H2,(H2,29,33). The molecular formula is C26H20ClFN4O. The molecule has 7 heteroatoms. The summed E-state index contributed by atoms with van der Waals surface area (Å²) >= 11 is 6.31. The molecule has 1 aliphatic rings. The number of anilines is 1. The van der Waals surface area contributed by atoms with Gasteiger partial charge in [0.15, 0.2) is 5.69 Å². The number of para-hydroxylation sites is 1. The fourth-order valence-electron chi connectivity index (χ4n) is 4.26. The van der Waals surface area contributed by atoms with Gasteiger partial charge in [-0.15, -0.1) is 0 Å². The monoisotopic (exact) mass is 458 g/mol. The summed E-state index contributed by atoms with van der Waals surface area (Å²) in [5.41, 5.74) is 11.6. The lowest BCUT2D eigenvalue weighted by Gasteiger charge is -2.21. The number of nitrogens with one attached hydrogen (secondary N) is 1. The van der Waals surface area contributed by atoms with Gasteiger partial charge in [0.25, 0.3) is 5.91 Å². The van der Waals surface area contributed by atoms with Crippen molar-refractivity contribution in [3.63, 3.8) is 0 Å². The Labute approximate surface area is 195 Å². The molecule has 1 aromatic heterocycles. The van der Waals surface area contributed by atoms with Crippen molar-refractivity contribution in [3.05, 3.63) is 107 Å². The molecule has 164 valence electrons. The van der Waals surface area contributed by atoms with Crippen molar-refractivity contribution in [2.75, 3.05) is 5.32 Å². The molecule has 0 fully saturated rings. The van der Waals surface area contributed by atoms with E-state index in [-0.39, 0.29) is 11.4 Å². The minimum atomic E-state index is -0.633. The number of carbonyl (C=O) groups excluding carboxylic acids is 1. The molecule has 1 amide bonds. The van der Waals surface area contributed by atoms with Gasteiger partial charge in [0.05, 0.1) is 5.69 Å². The van der Waals surface area contributed by atoms with Crippen LogP contribution in [0.3, 0.4) is 0 Å². The Hall–Kier alpha value is -3.90. The van der Waals surface area contributed by atoms with Gasteiger partial charge in [-0.25, -0.2) is 9.07 Å². The fraction of sp³-hybridized carbons (Fsp3) is 0.0769. The van der Waals surface area contributed by atoms with E-state index < -0.39 is 11.7 Å². The number of rotatable bonds is 5. The van der Waals surface area contributed by atoms with Crippen molar-refractivity contribution in [1.29, 1.82) is 0 Å². The topological polar surface area (TPSA) is 72.9 Å². The number of hydrogen-bond acceptors (Lipinski definition) is 3. The second-order valence-electron chi connectivity index (χ2n) is 7.86. The maximum absolute atomic E-state index is 14.7. The zero-order valence-corrected chi connectivity index (χ0v) is 18.4. The van der Waals surface area contributed by atoms with Crippen LogP contribution in [-0.2, 0) is 12.8 Å². The van der Waals surface area contributed by atoms with Crippen molar-refractivity contribution in [1.82, 2.24) is 9.78 Å². The van der Waals surface area contributed by atoms with Gasteiger partial charge in [-0.05, 0) is 48.7 Å². The van der Waals surface area contributed by atoms with Crippen molar-refractivity contribution in [2.45, 2.75) is 12.8 Å². The molecule has 1 heterocycles. The Kier molecular flexibility index (Phi) is 5.23. The van der Waals surface area contributed by atoms with Crippen LogP contribution < -0.4 is 11.1 Å². The summed E-state index contributed by atoms with van der Waals surface area (Å²) in [7, 11) is 0. The summed E-state index contributed by atoms with van der Waals surface area (Å²) < 4.78 is 16.2. The number of nitrogens with two attached hydrogens (primary N) is 1. The molecule has 3 N–H and O–H groups in total. The van der Waals surface area contributed by atoms with Gasteiger partial charge in [0, 0.05) is 33.1 Å². The number of aryl methyl sites for hydroxylation is 1. The first-order valence-electron chi connectivity index (χ1n) is 10.4. The van der Waals surface area contributed by atoms with Crippen molar-refractivity contribution >= 4 is 28.9 Å². The SMILES string of the molecule is C=C(Nc1ccc2c(c1)-c1c(c(C(N)=O)nn1-c1ccccc1F)CC2)c1ccccc1Cl. The maximum Gasteiger partial charge on any atom is 0.269 e. The molecule has 0 spiro atoms. The van der Waals surface area contributed by atoms with Crippen molar-refractivity contribution in [3.8, 4) is 16.9 Å². The first kappa shape index (κ1) is 21.0. The highest BCUT2D eigenvalue weighted by Gasteiger charge is 2.29. The van der Waals surface area contributed by atoms with E-state index in [1.54, 1.807) is 24.3 Å². The highest BCUT2D eigenvalue weighted by molar-refractivity contribution is 6.32. The third-order valence-electron chi connectivity index (χ3n) is 5.80. The smallest absolute Gasteiger partial charge is 0.269 e.